The van der Waals surface area contributed by atoms with Crippen LogP contribution in [0.25, 0.3) is 11.0 Å². The lowest BCUT2D eigenvalue weighted by molar-refractivity contribution is 0.520. The van der Waals surface area contributed by atoms with E-state index in [0.717, 1.165) is 18.5 Å². The summed E-state index contributed by atoms with van der Waals surface area (Å²) in [6, 6.07) is 3.01. The van der Waals surface area contributed by atoms with Crippen LogP contribution in [-0.4, -0.2) is 9.55 Å². The van der Waals surface area contributed by atoms with E-state index in [4.69, 9.17) is 23.8 Å². The third-order valence-electron chi connectivity index (χ3n) is 2.75. The van der Waals surface area contributed by atoms with Gasteiger partial charge in [0.25, 0.3) is 0 Å². The second kappa shape index (κ2) is 4.78. The second-order valence-corrected chi connectivity index (χ2v) is 5.34. The predicted molar refractivity (Wildman–Crippen MR) is 71.5 cm³/mol. The Balaban J connectivity index is 2.51. The number of hydrogen-bond donors (Lipinski definition) is 1. The van der Waals surface area contributed by atoms with Gasteiger partial charge in [0.15, 0.2) is 4.77 Å². The van der Waals surface area contributed by atoms with Gasteiger partial charge in [-0.3, -0.25) is 0 Å². The Morgan fingerprint density at radius 3 is 2.82 bits per heavy atom. The van der Waals surface area contributed by atoms with Crippen molar-refractivity contribution in [1.82, 2.24) is 9.55 Å². The van der Waals surface area contributed by atoms with Gasteiger partial charge in [0.1, 0.15) is 5.82 Å². The Labute approximate surface area is 109 Å². The zero-order chi connectivity index (χ0) is 12.6. The first-order valence-corrected chi connectivity index (χ1v) is 6.35. The molecule has 5 heteroatoms. The number of nitrogens with one attached hydrogen (secondary N) is 1. The lowest BCUT2D eigenvalue weighted by Crippen LogP contribution is -2.01. The number of halogens is 2. The lowest BCUT2D eigenvalue weighted by Gasteiger charge is -2.07. The van der Waals surface area contributed by atoms with Crippen LogP contribution in [0, 0.1) is 16.5 Å². The molecule has 0 atom stereocenters. The highest BCUT2D eigenvalue weighted by atomic mass is 35.5. The van der Waals surface area contributed by atoms with Crippen LogP contribution in [0.3, 0.4) is 0 Å². The maximum absolute atomic E-state index is 13.3. The van der Waals surface area contributed by atoms with Crippen molar-refractivity contribution in [2.24, 2.45) is 5.92 Å². The molecular formula is C12H14ClFN2S. The second-order valence-electron chi connectivity index (χ2n) is 4.55. The average Bonchev–Trinajstić information content (AvgIpc) is 2.52. The minimum absolute atomic E-state index is 0.129. The number of H-pyrrole nitrogens is 1. The first-order chi connectivity index (χ1) is 7.99. The van der Waals surface area contributed by atoms with E-state index in [1.54, 1.807) is 6.07 Å². The molecule has 1 heterocycles. The molecule has 0 amide bonds. The van der Waals surface area contributed by atoms with E-state index in [2.05, 4.69) is 18.8 Å². The van der Waals surface area contributed by atoms with Gasteiger partial charge in [-0.15, -0.1) is 0 Å². The number of fused-ring (bicyclic) bond motifs is 1. The van der Waals surface area contributed by atoms with Crippen LogP contribution in [0.1, 0.15) is 20.3 Å². The van der Waals surface area contributed by atoms with Gasteiger partial charge in [-0.1, -0.05) is 25.4 Å². The molecule has 0 saturated carbocycles. The Bertz CT molecular complexity index is 600. The maximum atomic E-state index is 13.3. The van der Waals surface area contributed by atoms with E-state index in [0.29, 0.717) is 16.2 Å². The molecule has 0 unspecified atom stereocenters. The molecule has 0 fully saturated rings. The summed E-state index contributed by atoms with van der Waals surface area (Å²) < 4.78 is 15.9. The van der Waals surface area contributed by atoms with Gasteiger partial charge < -0.3 is 9.55 Å². The number of hydrogen-bond acceptors (Lipinski definition) is 1. The molecule has 0 saturated heterocycles. The highest BCUT2D eigenvalue weighted by Gasteiger charge is 2.09. The van der Waals surface area contributed by atoms with E-state index in [-0.39, 0.29) is 5.02 Å². The molecule has 1 aromatic heterocycles. The van der Waals surface area contributed by atoms with E-state index in [9.17, 15) is 4.39 Å². The van der Waals surface area contributed by atoms with Gasteiger partial charge in [0, 0.05) is 12.6 Å². The van der Waals surface area contributed by atoms with Crippen molar-refractivity contribution >= 4 is 34.9 Å². The smallest absolute Gasteiger partial charge is 0.178 e. The van der Waals surface area contributed by atoms with Crippen LogP contribution in [0.15, 0.2) is 12.1 Å². The predicted octanol–water partition coefficient (Wildman–Crippen LogP) is 4.54. The SMILES string of the molecule is CC(C)CCn1c(=S)[nH]c2cc(F)c(Cl)cc21. The summed E-state index contributed by atoms with van der Waals surface area (Å²) in [4.78, 5) is 3.00. The summed E-state index contributed by atoms with van der Waals surface area (Å²) in [6.07, 6.45) is 1.02. The molecule has 2 aromatic rings. The minimum atomic E-state index is -0.425. The summed E-state index contributed by atoms with van der Waals surface area (Å²) in [7, 11) is 0. The summed E-state index contributed by atoms with van der Waals surface area (Å²) in [5.41, 5.74) is 1.56. The molecule has 0 radical (unpaired) electrons. The molecular weight excluding hydrogens is 259 g/mol. The fourth-order valence-corrected chi connectivity index (χ4v) is 2.22. The van der Waals surface area contributed by atoms with Crippen LogP contribution >= 0.6 is 23.8 Å². The number of imidazole rings is 1. The van der Waals surface area contributed by atoms with Crippen molar-refractivity contribution in [3.63, 3.8) is 0 Å². The van der Waals surface area contributed by atoms with Crippen molar-refractivity contribution in [2.45, 2.75) is 26.8 Å². The maximum Gasteiger partial charge on any atom is 0.178 e. The number of nitrogens with zero attached hydrogens (tertiary/aromatic N) is 1. The monoisotopic (exact) mass is 272 g/mol. The van der Waals surface area contributed by atoms with Crippen LogP contribution in [-0.2, 0) is 6.54 Å². The average molecular weight is 273 g/mol. The topological polar surface area (TPSA) is 20.7 Å². The third kappa shape index (κ3) is 2.53. The largest absolute Gasteiger partial charge is 0.330 e. The molecule has 0 bridgehead atoms. The lowest BCUT2D eigenvalue weighted by atomic mass is 10.1. The Morgan fingerprint density at radius 1 is 1.47 bits per heavy atom. The summed E-state index contributed by atoms with van der Waals surface area (Å²) >= 11 is 11.0. The summed E-state index contributed by atoms with van der Waals surface area (Å²) in [5, 5.41) is 0.129. The number of aryl methyl sites for hydroxylation is 1. The molecule has 0 aliphatic rings. The van der Waals surface area contributed by atoms with Crippen LogP contribution in [0.2, 0.25) is 5.02 Å². The van der Waals surface area contributed by atoms with Crippen molar-refractivity contribution < 1.29 is 4.39 Å². The molecule has 0 aliphatic carbocycles. The Kier molecular flexibility index (Phi) is 3.54. The number of aromatic nitrogens is 2. The molecule has 17 heavy (non-hydrogen) atoms. The third-order valence-corrected chi connectivity index (χ3v) is 3.36. The van der Waals surface area contributed by atoms with Crippen molar-refractivity contribution in [3.05, 3.63) is 27.7 Å². The van der Waals surface area contributed by atoms with Crippen LogP contribution < -0.4 is 0 Å². The van der Waals surface area contributed by atoms with Crippen molar-refractivity contribution in [2.75, 3.05) is 0 Å². The fourth-order valence-electron chi connectivity index (χ4n) is 1.76. The first kappa shape index (κ1) is 12.6. The van der Waals surface area contributed by atoms with E-state index < -0.39 is 5.82 Å². The zero-order valence-electron chi connectivity index (χ0n) is 9.76. The van der Waals surface area contributed by atoms with Gasteiger partial charge in [0.05, 0.1) is 16.1 Å². The number of benzene rings is 1. The summed E-state index contributed by atoms with van der Waals surface area (Å²) in [6.45, 7) is 5.13. The molecule has 1 aromatic carbocycles. The molecule has 0 spiro atoms. The normalized spacial score (nSPS) is 11.6. The first-order valence-electron chi connectivity index (χ1n) is 5.56. The highest BCUT2D eigenvalue weighted by Crippen LogP contribution is 2.23. The van der Waals surface area contributed by atoms with Gasteiger partial charge in [-0.05, 0) is 30.6 Å². The Hall–Kier alpha value is -0.870. The van der Waals surface area contributed by atoms with Gasteiger partial charge >= 0.3 is 0 Å². The highest BCUT2D eigenvalue weighted by molar-refractivity contribution is 7.71. The van der Waals surface area contributed by atoms with Crippen molar-refractivity contribution in [3.8, 4) is 0 Å². The molecule has 2 rings (SSSR count). The number of aromatic amines is 1. The molecule has 0 aliphatic heterocycles. The summed E-state index contributed by atoms with van der Waals surface area (Å²) in [5.74, 6) is 0.171. The minimum Gasteiger partial charge on any atom is -0.330 e. The number of rotatable bonds is 3. The van der Waals surface area contributed by atoms with E-state index >= 15 is 0 Å². The molecule has 2 nitrogen and oxygen atoms in total. The van der Waals surface area contributed by atoms with Gasteiger partial charge in [-0.2, -0.15) is 0 Å². The zero-order valence-corrected chi connectivity index (χ0v) is 11.3. The van der Waals surface area contributed by atoms with E-state index in [1.165, 1.54) is 6.07 Å². The van der Waals surface area contributed by atoms with Crippen LogP contribution in [0.5, 0.6) is 0 Å². The van der Waals surface area contributed by atoms with Crippen LogP contribution in [0.4, 0.5) is 4.39 Å². The fraction of sp³-hybridized carbons (Fsp3) is 0.417. The quantitative estimate of drug-likeness (QED) is 0.814. The van der Waals surface area contributed by atoms with Crippen molar-refractivity contribution in [1.29, 1.82) is 0 Å². The standard InChI is InChI=1S/C12H14ClFN2S/c1-7(2)3-4-16-11-5-8(13)9(14)6-10(11)15-12(16)17/h5-7H,3-4H2,1-2H3,(H,15,17). The Morgan fingerprint density at radius 2 is 2.18 bits per heavy atom. The molecule has 1 N–H and O–H groups in total. The van der Waals surface area contributed by atoms with Gasteiger partial charge in [0.2, 0.25) is 0 Å². The van der Waals surface area contributed by atoms with Gasteiger partial charge in [-0.25, -0.2) is 4.39 Å². The van der Waals surface area contributed by atoms with E-state index in [1.807, 2.05) is 4.57 Å². The molecule has 92 valence electrons.